The molecule has 0 unspecified atom stereocenters. The fourth-order valence-corrected chi connectivity index (χ4v) is 2.22. The van der Waals surface area contributed by atoms with Gasteiger partial charge >= 0.3 is 0 Å². The van der Waals surface area contributed by atoms with Crippen LogP contribution in [0.4, 0.5) is 0 Å². The van der Waals surface area contributed by atoms with Crippen LogP contribution in [0.3, 0.4) is 0 Å². The summed E-state index contributed by atoms with van der Waals surface area (Å²) in [6, 6.07) is 7.91. The lowest BCUT2D eigenvalue weighted by atomic mass is 10.0. The lowest BCUT2D eigenvalue weighted by Gasteiger charge is -2.05. The fourth-order valence-electron chi connectivity index (χ4n) is 2.09. The molecule has 0 spiro atoms. The van der Waals surface area contributed by atoms with Gasteiger partial charge in [0.15, 0.2) is 0 Å². The highest BCUT2D eigenvalue weighted by molar-refractivity contribution is 6.30. The van der Waals surface area contributed by atoms with Gasteiger partial charge in [-0.05, 0) is 25.5 Å². The van der Waals surface area contributed by atoms with Gasteiger partial charge in [-0.2, -0.15) is 5.10 Å². The number of nitrogens with zero attached hydrogens (tertiary/aromatic N) is 2. The molecule has 0 aliphatic heterocycles. The molecule has 2 nitrogen and oxygen atoms in total. The number of halogens is 1. The molecule has 0 atom stereocenters. The van der Waals surface area contributed by atoms with Crippen molar-refractivity contribution >= 4 is 11.6 Å². The van der Waals surface area contributed by atoms with E-state index in [1.165, 1.54) is 16.8 Å². The van der Waals surface area contributed by atoms with E-state index < -0.39 is 0 Å². The summed E-state index contributed by atoms with van der Waals surface area (Å²) >= 11 is 5.90. The van der Waals surface area contributed by atoms with Gasteiger partial charge in [0.2, 0.25) is 0 Å². The predicted molar refractivity (Wildman–Crippen MR) is 67.8 cm³/mol. The van der Waals surface area contributed by atoms with E-state index in [1.807, 2.05) is 36.0 Å². The molecule has 0 aliphatic rings. The number of aryl methyl sites for hydroxylation is 2. The summed E-state index contributed by atoms with van der Waals surface area (Å²) in [5.74, 6) is 0. The van der Waals surface area contributed by atoms with Crippen molar-refractivity contribution in [3.8, 4) is 11.3 Å². The van der Waals surface area contributed by atoms with Crippen LogP contribution in [0.15, 0.2) is 24.3 Å². The van der Waals surface area contributed by atoms with Crippen LogP contribution in [0.1, 0.15) is 18.2 Å². The Kier molecular flexibility index (Phi) is 3.01. The number of hydrogen-bond donors (Lipinski definition) is 0. The van der Waals surface area contributed by atoms with E-state index in [-0.39, 0.29) is 0 Å². The first-order valence-electron chi connectivity index (χ1n) is 5.42. The van der Waals surface area contributed by atoms with Crippen LogP contribution in [0.25, 0.3) is 11.3 Å². The minimum atomic E-state index is 0.765. The molecule has 1 aromatic carbocycles. The Hall–Kier alpha value is -1.28. The first-order chi connectivity index (χ1) is 7.63. The zero-order valence-corrected chi connectivity index (χ0v) is 10.5. The van der Waals surface area contributed by atoms with Crippen molar-refractivity contribution in [2.24, 2.45) is 7.05 Å². The van der Waals surface area contributed by atoms with Crippen molar-refractivity contribution in [1.82, 2.24) is 9.78 Å². The summed E-state index contributed by atoms with van der Waals surface area (Å²) in [5.41, 5.74) is 4.78. The van der Waals surface area contributed by atoms with Crippen molar-refractivity contribution in [2.75, 3.05) is 0 Å². The summed E-state index contributed by atoms with van der Waals surface area (Å²) in [7, 11) is 1.98. The lowest BCUT2D eigenvalue weighted by molar-refractivity contribution is 0.764. The average Bonchev–Trinajstić information content (AvgIpc) is 2.54. The molecule has 0 N–H and O–H groups in total. The predicted octanol–water partition coefficient (Wildman–Crippen LogP) is 3.61. The highest BCUT2D eigenvalue weighted by atomic mass is 35.5. The smallest absolute Gasteiger partial charge is 0.0713 e. The normalized spacial score (nSPS) is 10.8. The van der Waals surface area contributed by atoms with Crippen LogP contribution in [0.5, 0.6) is 0 Å². The zero-order chi connectivity index (χ0) is 11.7. The van der Waals surface area contributed by atoms with Crippen LogP contribution in [-0.4, -0.2) is 9.78 Å². The molecule has 0 aliphatic carbocycles. The molecule has 1 heterocycles. The number of hydrogen-bond acceptors (Lipinski definition) is 1. The molecule has 0 bridgehead atoms. The van der Waals surface area contributed by atoms with Gasteiger partial charge in [-0.15, -0.1) is 0 Å². The Morgan fingerprint density at radius 2 is 1.88 bits per heavy atom. The van der Waals surface area contributed by atoms with E-state index >= 15 is 0 Å². The van der Waals surface area contributed by atoms with Crippen LogP contribution in [0.2, 0.25) is 5.02 Å². The fraction of sp³-hybridized carbons (Fsp3) is 0.308. The van der Waals surface area contributed by atoms with Gasteiger partial charge in [0, 0.05) is 23.2 Å². The highest BCUT2D eigenvalue weighted by Crippen LogP contribution is 2.27. The molecule has 16 heavy (non-hydrogen) atoms. The van der Waals surface area contributed by atoms with Crippen LogP contribution in [0, 0.1) is 6.92 Å². The molecule has 0 saturated carbocycles. The third kappa shape index (κ3) is 1.85. The molecule has 84 valence electrons. The monoisotopic (exact) mass is 234 g/mol. The molecule has 0 fully saturated rings. The van der Waals surface area contributed by atoms with E-state index in [2.05, 4.69) is 18.9 Å². The number of rotatable bonds is 2. The van der Waals surface area contributed by atoms with Gasteiger partial charge in [0.1, 0.15) is 0 Å². The van der Waals surface area contributed by atoms with Crippen LogP contribution in [-0.2, 0) is 13.5 Å². The van der Waals surface area contributed by atoms with Crippen LogP contribution < -0.4 is 0 Å². The molecule has 0 saturated heterocycles. The van der Waals surface area contributed by atoms with Crippen molar-refractivity contribution in [3.63, 3.8) is 0 Å². The van der Waals surface area contributed by atoms with Gasteiger partial charge in [0.05, 0.1) is 11.4 Å². The summed E-state index contributed by atoms with van der Waals surface area (Å²) in [4.78, 5) is 0. The van der Waals surface area contributed by atoms with Crippen molar-refractivity contribution < 1.29 is 0 Å². The maximum absolute atomic E-state index is 5.90. The van der Waals surface area contributed by atoms with Gasteiger partial charge in [-0.1, -0.05) is 30.7 Å². The Bertz CT molecular complexity index is 497. The molecule has 1 aromatic heterocycles. The van der Waals surface area contributed by atoms with Crippen molar-refractivity contribution in [2.45, 2.75) is 20.3 Å². The Morgan fingerprint density at radius 1 is 1.25 bits per heavy atom. The SMILES string of the molecule is CCc1c(C)nn(C)c1-c1ccc(Cl)cc1. The van der Waals surface area contributed by atoms with Gasteiger partial charge in [-0.3, -0.25) is 4.68 Å². The maximum atomic E-state index is 5.90. The Balaban J connectivity index is 2.59. The minimum Gasteiger partial charge on any atom is -0.267 e. The Morgan fingerprint density at radius 3 is 2.44 bits per heavy atom. The molecule has 0 amide bonds. The standard InChI is InChI=1S/C13H15ClN2/c1-4-12-9(2)15-16(3)13(12)10-5-7-11(14)8-6-10/h5-8H,4H2,1-3H3. The number of aromatic nitrogens is 2. The first-order valence-corrected chi connectivity index (χ1v) is 5.79. The second-order valence-corrected chi connectivity index (χ2v) is 4.33. The highest BCUT2D eigenvalue weighted by Gasteiger charge is 2.12. The first kappa shape index (κ1) is 11.2. The third-order valence-corrected chi connectivity index (χ3v) is 3.07. The molecule has 3 heteroatoms. The third-order valence-electron chi connectivity index (χ3n) is 2.82. The van der Waals surface area contributed by atoms with Crippen LogP contribution >= 0.6 is 11.6 Å². The average molecular weight is 235 g/mol. The summed E-state index contributed by atoms with van der Waals surface area (Å²) < 4.78 is 1.94. The van der Waals surface area contributed by atoms with Crippen molar-refractivity contribution in [3.05, 3.63) is 40.5 Å². The number of benzene rings is 1. The second-order valence-electron chi connectivity index (χ2n) is 3.90. The Labute approximate surface area is 101 Å². The zero-order valence-electron chi connectivity index (χ0n) is 9.79. The summed E-state index contributed by atoms with van der Waals surface area (Å²) in [6.07, 6.45) is 0.998. The summed E-state index contributed by atoms with van der Waals surface area (Å²) in [6.45, 7) is 4.21. The van der Waals surface area contributed by atoms with E-state index in [9.17, 15) is 0 Å². The minimum absolute atomic E-state index is 0.765. The van der Waals surface area contributed by atoms with E-state index in [1.54, 1.807) is 0 Å². The van der Waals surface area contributed by atoms with Gasteiger partial charge in [0.25, 0.3) is 0 Å². The van der Waals surface area contributed by atoms with Crippen molar-refractivity contribution in [1.29, 1.82) is 0 Å². The van der Waals surface area contributed by atoms with E-state index in [4.69, 9.17) is 11.6 Å². The topological polar surface area (TPSA) is 17.8 Å². The summed E-state index contributed by atoms with van der Waals surface area (Å²) in [5, 5.41) is 5.23. The molecule has 2 aromatic rings. The molecular weight excluding hydrogens is 220 g/mol. The lowest BCUT2D eigenvalue weighted by Crippen LogP contribution is -1.95. The largest absolute Gasteiger partial charge is 0.267 e. The second kappa shape index (κ2) is 4.30. The maximum Gasteiger partial charge on any atom is 0.0713 e. The van der Waals surface area contributed by atoms with Gasteiger partial charge in [-0.25, -0.2) is 0 Å². The quantitative estimate of drug-likeness (QED) is 0.776. The van der Waals surface area contributed by atoms with E-state index in [0.29, 0.717) is 0 Å². The molecule has 2 rings (SSSR count). The van der Waals surface area contributed by atoms with Gasteiger partial charge < -0.3 is 0 Å². The molecule has 0 radical (unpaired) electrons. The van der Waals surface area contributed by atoms with E-state index in [0.717, 1.165) is 17.1 Å². The molecular formula is C13H15ClN2.